The van der Waals surface area contributed by atoms with E-state index in [0.717, 1.165) is 32.4 Å². The van der Waals surface area contributed by atoms with Gasteiger partial charge < -0.3 is 10.6 Å². The second kappa shape index (κ2) is 7.09. The molecule has 2 N–H and O–H groups in total. The molecule has 22 heavy (non-hydrogen) atoms. The number of nitrogens with one attached hydrogen (secondary N) is 2. The van der Waals surface area contributed by atoms with Crippen LogP contribution in [0, 0.1) is 11.7 Å². The lowest BCUT2D eigenvalue weighted by Gasteiger charge is -2.22. The molecule has 0 saturated carbocycles. The summed E-state index contributed by atoms with van der Waals surface area (Å²) in [6.45, 7) is 2.17. The molecule has 1 heterocycles. The first-order valence-electron chi connectivity index (χ1n) is 7.23. The Kier molecular flexibility index (Phi) is 5.39. The van der Waals surface area contributed by atoms with Gasteiger partial charge in [0, 0.05) is 6.54 Å². The summed E-state index contributed by atoms with van der Waals surface area (Å²) in [7, 11) is 0. The number of benzene rings is 1. The zero-order chi connectivity index (χ0) is 16.2. The molecule has 1 saturated heterocycles. The molecule has 3 nitrogen and oxygen atoms in total. The van der Waals surface area contributed by atoms with Crippen LogP contribution in [0.1, 0.15) is 35.2 Å². The molecule has 1 fully saturated rings. The monoisotopic (exact) mass is 318 g/mol. The first-order chi connectivity index (χ1) is 10.4. The molecule has 1 atom stereocenters. The quantitative estimate of drug-likeness (QED) is 0.838. The zero-order valence-electron chi connectivity index (χ0n) is 12.0. The minimum Gasteiger partial charge on any atom is -0.352 e. The van der Waals surface area contributed by atoms with E-state index in [1.54, 1.807) is 0 Å². The Morgan fingerprint density at radius 1 is 1.36 bits per heavy atom. The third kappa shape index (κ3) is 4.43. The van der Waals surface area contributed by atoms with Crippen LogP contribution >= 0.6 is 0 Å². The fourth-order valence-electron chi connectivity index (χ4n) is 2.53. The van der Waals surface area contributed by atoms with Crippen LogP contribution in [0.3, 0.4) is 0 Å². The van der Waals surface area contributed by atoms with Crippen molar-refractivity contribution in [1.29, 1.82) is 0 Å². The van der Waals surface area contributed by atoms with E-state index in [-0.39, 0.29) is 0 Å². The smallest absolute Gasteiger partial charge is 0.352 e. The fourth-order valence-corrected chi connectivity index (χ4v) is 2.53. The van der Waals surface area contributed by atoms with E-state index >= 15 is 0 Å². The maximum absolute atomic E-state index is 13.6. The van der Waals surface area contributed by atoms with Crippen LogP contribution < -0.4 is 10.6 Å². The fraction of sp³-hybridized carbons (Fsp3) is 0.533. The highest BCUT2D eigenvalue weighted by Crippen LogP contribution is 2.30. The highest BCUT2D eigenvalue weighted by Gasteiger charge is 2.31. The first kappa shape index (κ1) is 16.7. The van der Waals surface area contributed by atoms with Crippen molar-refractivity contribution in [3.63, 3.8) is 0 Å². The van der Waals surface area contributed by atoms with Gasteiger partial charge in [0.25, 0.3) is 5.91 Å². The van der Waals surface area contributed by atoms with E-state index in [1.165, 1.54) is 0 Å². The molecule has 1 amide bonds. The predicted molar refractivity (Wildman–Crippen MR) is 73.9 cm³/mol. The highest BCUT2D eigenvalue weighted by molar-refractivity contribution is 5.94. The second-order valence-corrected chi connectivity index (χ2v) is 5.45. The van der Waals surface area contributed by atoms with Crippen molar-refractivity contribution >= 4 is 5.91 Å². The minimum absolute atomic E-state index is 0.320. The van der Waals surface area contributed by atoms with Gasteiger partial charge in [0.2, 0.25) is 0 Å². The van der Waals surface area contributed by atoms with Gasteiger partial charge in [0.15, 0.2) is 0 Å². The molecule has 1 unspecified atom stereocenters. The van der Waals surface area contributed by atoms with Crippen molar-refractivity contribution in [2.75, 3.05) is 19.6 Å². The number of rotatable bonds is 4. The third-order valence-electron chi connectivity index (χ3n) is 3.78. The molecule has 1 aliphatic rings. The van der Waals surface area contributed by atoms with Gasteiger partial charge >= 0.3 is 6.18 Å². The van der Waals surface area contributed by atoms with E-state index in [1.807, 2.05) is 0 Å². The number of piperidine rings is 1. The SMILES string of the molecule is O=C(NCCC1CCCNC1)c1cc(C(F)(F)F)ccc1F. The molecule has 7 heteroatoms. The van der Waals surface area contributed by atoms with Crippen molar-refractivity contribution in [3.05, 3.63) is 35.1 Å². The largest absolute Gasteiger partial charge is 0.416 e. The maximum Gasteiger partial charge on any atom is 0.416 e. The molecule has 0 radical (unpaired) electrons. The lowest BCUT2D eigenvalue weighted by Crippen LogP contribution is -2.33. The second-order valence-electron chi connectivity index (χ2n) is 5.45. The average Bonchev–Trinajstić information content (AvgIpc) is 2.47. The van der Waals surface area contributed by atoms with Gasteiger partial charge in [-0.1, -0.05) is 0 Å². The number of carbonyl (C=O) groups excluding carboxylic acids is 1. The summed E-state index contributed by atoms with van der Waals surface area (Å²) in [5.41, 5.74) is -1.60. The van der Waals surface area contributed by atoms with Crippen LogP contribution in [-0.4, -0.2) is 25.5 Å². The molecule has 1 aromatic rings. The van der Waals surface area contributed by atoms with E-state index in [2.05, 4.69) is 10.6 Å². The molecule has 2 rings (SSSR count). The summed E-state index contributed by atoms with van der Waals surface area (Å²) in [5.74, 6) is -1.34. The van der Waals surface area contributed by atoms with Crippen molar-refractivity contribution in [2.45, 2.75) is 25.4 Å². The van der Waals surface area contributed by atoms with Gasteiger partial charge in [-0.2, -0.15) is 13.2 Å². The van der Waals surface area contributed by atoms with E-state index in [9.17, 15) is 22.4 Å². The van der Waals surface area contributed by atoms with Gasteiger partial charge in [-0.25, -0.2) is 4.39 Å². The number of alkyl halides is 3. The number of hydrogen-bond acceptors (Lipinski definition) is 2. The molecular formula is C15H18F4N2O. The Morgan fingerprint density at radius 3 is 2.77 bits per heavy atom. The third-order valence-corrected chi connectivity index (χ3v) is 3.78. The summed E-state index contributed by atoms with van der Waals surface area (Å²) in [6.07, 6.45) is -1.75. The Bertz CT molecular complexity index is 525. The summed E-state index contributed by atoms with van der Waals surface area (Å²) < 4.78 is 51.3. The van der Waals surface area contributed by atoms with Crippen LogP contribution in [0.2, 0.25) is 0 Å². The Hall–Kier alpha value is -1.63. The molecule has 122 valence electrons. The van der Waals surface area contributed by atoms with E-state index in [4.69, 9.17) is 0 Å². The Labute approximate surface area is 126 Å². The number of halogens is 4. The Balaban J connectivity index is 1.94. The van der Waals surface area contributed by atoms with E-state index < -0.39 is 29.0 Å². The van der Waals surface area contributed by atoms with Crippen LogP contribution in [0.4, 0.5) is 17.6 Å². The standard InChI is InChI=1S/C15H18F4N2O/c16-13-4-3-11(15(17,18)19)8-12(13)14(22)21-7-5-10-2-1-6-20-9-10/h3-4,8,10,20H,1-2,5-7,9H2,(H,21,22). The van der Waals surface area contributed by atoms with Crippen molar-refractivity contribution in [2.24, 2.45) is 5.92 Å². The maximum atomic E-state index is 13.6. The lowest BCUT2D eigenvalue weighted by atomic mass is 9.96. The normalized spacial score (nSPS) is 19.0. The zero-order valence-corrected chi connectivity index (χ0v) is 12.0. The van der Waals surface area contributed by atoms with Crippen LogP contribution in [-0.2, 0) is 6.18 Å². The average molecular weight is 318 g/mol. The minimum atomic E-state index is -4.60. The summed E-state index contributed by atoms with van der Waals surface area (Å²) in [5, 5.41) is 5.73. The molecule has 1 aliphatic heterocycles. The lowest BCUT2D eigenvalue weighted by molar-refractivity contribution is -0.137. The van der Waals surface area contributed by atoms with Gasteiger partial charge in [-0.05, 0) is 56.5 Å². The summed E-state index contributed by atoms with van der Waals surface area (Å²) in [4.78, 5) is 11.9. The van der Waals surface area contributed by atoms with Crippen LogP contribution in [0.5, 0.6) is 0 Å². The van der Waals surface area contributed by atoms with Gasteiger partial charge in [0.1, 0.15) is 5.82 Å². The van der Waals surface area contributed by atoms with Gasteiger partial charge in [0.05, 0.1) is 11.1 Å². The summed E-state index contributed by atoms with van der Waals surface area (Å²) >= 11 is 0. The summed E-state index contributed by atoms with van der Waals surface area (Å²) in [6, 6.07) is 1.84. The predicted octanol–water partition coefficient (Wildman–Crippen LogP) is 2.96. The van der Waals surface area contributed by atoms with Crippen molar-refractivity contribution in [1.82, 2.24) is 10.6 Å². The Morgan fingerprint density at radius 2 is 2.14 bits per heavy atom. The van der Waals surface area contributed by atoms with E-state index in [0.29, 0.717) is 30.7 Å². The topological polar surface area (TPSA) is 41.1 Å². The molecule has 0 bridgehead atoms. The molecule has 0 aromatic heterocycles. The molecule has 0 spiro atoms. The van der Waals surface area contributed by atoms with Crippen molar-refractivity contribution < 1.29 is 22.4 Å². The van der Waals surface area contributed by atoms with Gasteiger partial charge in [-0.15, -0.1) is 0 Å². The van der Waals surface area contributed by atoms with Crippen molar-refractivity contribution in [3.8, 4) is 0 Å². The molecule has 1 aromatic carbocycles. The number of carbonyl (C=O) groups is 1. The first-order valence-corrected chi connectivity index (χ1v) is 7.23. The highest BCUT2D eigenvalue weighted by atomic mass is 19.4. The molecule has 0 aliphatic carbocycles. The van der Waals surface area contributed by atoms with Crippen LogP contribution in [0.15, 0.2) is 18.2 Å². The van der Waals surface area contributed by atoms with Gasteiger partial charge in [-0.3, -0.25) is 4.79 Å². The number of amides is 1. The van der Waals surface area contributed by atoms with Crippen LogP contribution in [0.25, 0.3) is 0 Å². The molecular weight excluding hydrogens is 300 g/mol. The number of hydrogen-bond donors (Lipinski definition) is 2.